The van der Waals surface area contributed by atoms with Crippen LogP contribution in [0.15, 0.2) is 42.7 Å². The second-order valence-corrected chi connectivity index (χ2v) is 5.68. The van der Waals surface area contributed by atoms with Gasteiger partial charge in [0.05, 0.1) is 32.1 Å². The van der Waals surface area contributed by atoms with Crippen molar-refractivity contribution in [1.29, 1.82) is 0 Å². The summed E-state index contributed by atoms with van der Waals surface area (Å²) in [5, 5.41) is 18.3. The van der Waals surface area contributed by atoms with Gasteiger partial charge < -0.3 is 10.1 Å². The smallest absolute Gasteiger partial charge is 0.327 e. The Bertz CT molecular complexity index is 904. The minimum Gasteiger partial charge on any atom is -0.465 e. The van der Waals surface area contributed by atoms with Crippen LogP contribution in [0.1, 0.15) is 28.7 Å². The van der Waals surface area contributed by atoms with Crippen molar-refractivity contribution >= 4 is 11.9 Å². The number of benzene rings is 1. The first-order valence-corrected chi connectivity index (χ1v) is 8.41. The van der Waals surface area contributed by atoms with Gasteiger partial charge in [-0.3, -0.25) is 9.59 Å². The van der Waals surface area contributed by atoms with Crippen LogP contribution in [-0.4, -0.2) is 48.5 Å². The summed E-state index contributed by atoms with van der Waals surface area (Å²) in [7, 11) is 0. The van der Waals surface area contributed by atoms with Crippen LogP contribution in [-0.2, 0) is 29.2 Å². The van der Waals surface area contributed by atoms with E-state index in [1.165, 1.54) is 4.68 Å². The van der Waals surface area contributed by atoms with E-state index >= 15 is 0 Å². The summed E-state index contributed by atoms with van der Waals surface area (Å²) in [5.41, 5.74) is 1.79. The van der Waals surface area contributed by atoms with E-state index in [1.807, 2.05) is 30.3 Å². The standard InChI is InChI=1S/C17H19N7O3/c1-2-27-16(25)12-24-10-14(19-21-24)8-18-17(26)15-11-23(22-20-15)9-13-6-4-3-5-7-13/h3-7,10-11H,2,8-9,12H2,1H3,(H,18,26). The number of rotatable bonds is 8. The van der Waals surface area contributed by atoms with Crippen LogP contribution in [0.2, 0.25) is 0 Å². The van der Waals surface area contributed by atoms with Gasteiger partial charge in [-0.15, -0.1) is 10.2 Å². The van der Waals surface area contributed by atoms with Gasteiger partial charge >= 0.3 is 5.97 Å². The third-order valence-corrected chi connectivity index (χ3v) is 3.57. The molecule has 1 aromatic carbocycles. The quantitative estimate of drug-likeness (QED) is 0.572. The van der Waals surface area contributed by atoms with Gasteiger partial charge in [0.15, 0.2) is 5.69 Å². The number of amides is 1. The largest absolute Gasteiger partial charge is 0.465 e. The monoisotopic (exact) mass is 369 g/mol. The molecule has 10 nitrogen and oxygen atoms in total. The molecule has 0 aliphatic rings. The van der Waals surface area contributed by atoms with Crippen LogP contribution in [0.4, 0.5) is 0 Å². The molecule has 2 heterocycles. The van der Waals surface area contributed by atoms with Crippen molar-refractivity contribution < 1.29 is 14.3 Å². The lowest BCUT2D eigenvalue weighted by atomic mass is 10.2. The molecule has 27 heavy (non-hydrogen) atoms. The summed E-state index contributed by atoms with van der Waals surface area (Å²) < 4.78 is 7.80. The highest BCUT2D eigenvalue weighted by Crippen LogP contribution is 2.02. The number of carbonyl (C=O) groups is 2. The van der Waals surface area contributed by atoms with E-state index in [2.05, 4.69) is 25.9 Å². The number of hydrogen-bond donors (Lipinski definition) is 1. The van der Waals surface area contributed by atoms with E-state index in [4.69, 9.17) is 4.74 Å². The number of esters is 1. The van der Waals surface area contributed by atoms with Gasteiger partial charge in [0.25, 0.3) is 5.91 Å². The van der Waals surface area contributed by atoms with E-state index in [-0.39, 0.29) is 24.7 Å². The second kappa shape index (κ2) is 8.70. The highest BCUT2D eigenvalue weighted by atomic mass is 16.5. The van der Waals surface area contributed by atoms with Gasteiger partial charge in [-0.2, -0.15) is 0 Å². The SMILES string of the molecule is CCOC(=O)Cn1cc(CNC(=O)c2cn(Cc3ccccc3)nn2)nn1. The third-order valence-electron chi connectivity index (χ3n) is 3.57. The van der Waals surface area contributed by atoms with Crippen LogP contribution in [0.25, 0.3) is 0 Å². The summed E-state index contributed by atoms with van der Waals surface area (Å²) in [4.78, 5) is 23.6. The average Bonchev–Trinajstić information content (AvgIpc) is 3.30. The van der Waals surface area contributed by atoms with Gasteiger partial charge in [-0.1, -0.05) is 40.8 Å². The van der Waals surface area contributed by atoms with Crippen molar-refractivity contribution in [2.45, 2.75) is 26.6 Å². The van der Waals surface area contributed by atoms with E-state index in [1.54, 1.807) is 24.0 Å². The molecular formula is C17H19N7O3. The Morgan fingerprint density at radius 3 is 2.63 bits per heavy atom. The molecule has 0 radical (unpaired) electrons. The highest BCUT2D eigenvalue weighted by Gasteiger charge is 2.12. The molecule has 0 spiro atoms. The van der Waals surface area contributed by atoms with Crippen molar-refractivity contribution in [3.05, 3.63) is 59.7 Å². The number of nitrogens with one attached hydrogen (secondary N) is 1. The first-order chi connectivity index (χ1) is 13.1. The number of nitrogens with zero attached hydrogens (tertiary/aromatic N) is 6. The lowest BCUT2D eigenvalue weighted by Gasteiger charge is -2.01. The summed E-state index contributed by atoms with van der Waals surface area (Å²) in [6.07, 6.45) is 3.16. The van der Waals surface area contributed by atoms with Crippen LogP contribution >= 0.6 is 0 Å². The number of hydrogen-bond acceptors (Lipinski definition) is 7. The van der Waals surface area contributed by atoms with Gasteiger partial charge in [-0.25, -0.2) is 9.36 Å². The molecule has 3 aromatic rings. The summed E-state index contributed by atoms with van der Waals surface area (Å²) in [6.45, 7) is 2.71. The predicted octanol–water partition coefficient (Wildman–Crippen LogP) is 0.411. The molecule has 10 heteroatoms. The lowest BCUT2D eigenvalue weighted by molar-refractivity contribution is -0.144. The molecule has 0 saturated heterocycles. The zero-order valence-electron chi connectivity index (χ0n) is 14.8. The third kappa shape index (κ3) is 5.21. The van der Waals surface area contributed by atoms with Crippen molar-refractivity contribution in [2.75, 3.05) is 6.61 Å². The van der Waals surface area contributed by atoms with E-state index in [9.17, 15) is 9.59 Å². The van der Waals surface area contributed by atoms with Crippen LogP contribution < -0.4 is 5.32 Å². The molecular weight excluding hydrogens is 350 g/mol. The molecule has 0 saturated carbocycles. The van der Waals surface area contributed by atoms with Crippen molar-refractivity contribution in [3.8, 4) is 0 Å². The molecule has 0 atom stereocenters. The maximum absolute atomic E-state index is 12.2. The van der Waals surface area contributed by atoms with E-state index in [0.29, 0.717) is 18.8 Å². The molecule has 0 fully saturated rings. The fourth-order valence-electron chi connectivity index (χ4n) is 2.35. The maximum atomic E-state index is 12.2. The molecule has 0 unspecified atom stereocenters. The lowest BCUT2D eigenvalue weighted by Crippen LogP contribution is -2.23. The minimum absolute atomic E-state index is 0.0252. The highest BCUT2D eigenvalue weighted by molar-refractivity contribution is 5.91. The number of ether oxygens (including phenoxy) is 1. The van der Waals surface area contributed by atoms with Gasteiger partial charge in [0, 0.05) is 0 Å². The van der Waals surface area contributed by atoms with Crippen molar-refractivity contribution in [1.82, 2.24) is 35.3 Å². The maximum Gasteiger partial charge on any atom is 0.327 e. The van der Waals surface area contributed by atoms with E-state index in [0.717, 1.165) is 5.56 Å². The molecule has 0 aliphatic carbocycles. The Kier molecular flexibility index (Phi) is 5.87. The average molecular weight is 369 g/mol. The summed E-state index contributed by atoms with van der Waals surface area (Å²) in [6, 6.07) is 9.76. The van der Waals surface area contributed by atoms with Gasteiger partial charge in [0.2, 0.25) is 0 Å². The fraction of sp³-hybridized carbons (Fsp3) is 0.294. The summed E-state index contributed by atoms with van der Waals surface area (Å²) in [5.74, 6) is -0.762. The Balaban J connectivity index is 1.51. The molecule has 1 amide bonds. The fourth-order valence-corrected chi connectivity index (χ4v) is 2.35. The molecule has 2 aromatic heterocycles. The molecule has 140 valence electrons. The topological polar surface area (TPSA) is 117 Å². The van der Waals surface area contributed by atoms with Gasteiger partial charge in [-0.05, 0) is 12.5 Å². The summed E-state index contributed by atoms with van der Waals surface area (Å²) >= 11 is 0. The normalized spacial score (nSPS) is 10.6. The predicted molar refractivity (Wildman–Crippen MR) is 93.4 cm³/mol. The van der Waals surface area contributed by atoms with Gasteiger partial charge in [0.1, 0.15) is 12.2 Å². The first-order valence-electron chi connectivity index (χ1n) is 8.41. The van der Waals surface area contributed by atoms with E-state index < -0.39 is 5.97 Å². The zero-order valence-corrected chi connectivity index (χ0v) is 14.8. The second-order valence-electron chi connectivity index (χ2n) is 5.68. The number of carbonyl (C=O) groups excluding carboxylic acids is 2. The minimum atomic E-state index is -0.395. The van der Waals surface area contributed by atoms with Crippen molar-refractivity contribution in [3.63, 3.8) is 0 Å². The Labute approximate surface area is 155 Å². The zero-order chi connectivity index (χ0) is 19.1. The Hall–Kier alpha value is -3.56. The van der Waals surface area contributed by atoms with Crippen molar-refractivity contribution in [2.24, 2.45) is 0 Å². The molecule has 0 bridgehead atoms. The first kappa shape index (κ1) is 18.2. The molecule has 3 rings (SSSR count). The van der Waals surface area contributed by atoms with Crippen LogP contribution in [0.5, 0.6) is 0 Å². The van der Waals surface area contributed by atoms with Crippen LogP contribution in [0, 0.1) is 0 Å². The number of aromatic nitrogens is 6. The molecule has 0 aliphatic heterocycles. The Morgan fingerprint density at radius 1 is 1.07 bits per heavy atom. The molecule has 1 N–H and O–H groups in total. The van der Waals surface area contributed by atoms with Crippen LogP contribution in [0.3, 0.4) is 0 Å². The Morgan fingerprint density at radius 2 is 1.85 bits per heavy atom.